The Morgan fingerprint density at radius 3 is 1.07 bits per heavy atom. The maximum atomic E-state index is 13.4. The van der Waals surface area contributed by atoms with Crippen molar-refractivity contribution in [3.05, 3.63) is 143 Å². The average molecular weight is 1720 g/mol. The van der Waals surface area contributed by atoms with Crippen LogP contribution in [0.5, 0.6) is 0 Å². The molecule has 6 aromatic rings. The third-order valence-electron chi connectivity index (χ3n) is 28.3. The van der Waals surface area contributed by atoms with Crippen molar-refractivity contribution in [1.82, 2.24) is 30.1 Å². The summed E-state index contributed by atoms with van der Waals surface area (Å²) in [7, 11) is 5.87. The van der Waals surface area contributed by atoms with Crippen LogP contribution in [0.4, 0.5) is 31.9 Å². The minimum atomic E-state index is -1.03. The Kier molecular flexibility index (Phi) is 38.2. The molecule has 0 unspecified atom stereocenters. The van der Waals surface area contributed by atoms with Crippen molar-refractivity contribution >= 4 is 76.2 Å². The quantitative estimate of drug-likeness (QED) is 0.0248. The first kappa shape index (κ1) is 99.6. The standard InChI is InChI=1S/C28H31F2N5O4.C24H33NO5.C23H32N2O4.C19H28N2O2.3CH4/c1-38-24(36)14-17-6-10-28(11-7-17)12-8-18(9-13-28)23-5-3-20(16-31-23)32-25(37)26-34-35-27(39-26)33-19-2-4-21(29)22(30)15-19;1-3-30-23(28)21(26)14-18-4-5-20(25-16-18)19-8-12-24(13-9-19)10-6-17(7-11-24)15-22(27)29-2;1-29-22(28)13-16-4-8-23(9-5-16)10-6-18(7-11-23)19-3-2-17(15-25-19)12-20(26)21(27)14-24;1-23-18(22)12-14-4-8-19(9-5-14)10-6-15(7-11-19)17-3-2-16(20)13-21-17;;;/h2-5,15-18H,6-14H2,1H3,(H,32,37)(H,33,35);4-5,16-17,19H,3,6-15H2,1-2H3;2-3,15-16,18H,4-14,24H2,1H3;2-3,13-15H,4-12,20H2,1H3;3*1H4. The van der Waals surface area contributed by atoms with Crippen molar-refractivity contribution in [2.45, 2.75) is 297 Å². The highest BCUT2D eigenvalue weighted by Crippen LogP contribution is 2.57. The highest BCUT2D eigenvalue weighted by molar-refractivity contribution is 6.38. The number of halogens is 2. The van der Waals surface area contributed by atoms with Gasteiger partial charge in [-0.3, -0.25) is 58.3 Å². The third-order valence-corrected chi connectivity index (χ3v) is 28.3. The van der Waals surface area contributed by atoms with Gasteiger partial charge in [-0.1, -0.05) is 39.5 Å². The lowest BCUT2D eigenvalue weighted by molar-refractivity contribution is -0.153. The second kappa shape index (κ2) is 47.5. The summed E-state index contributed by atoms with van der Waals surface area (Å²) in [4.78, 5) is 123. The second-order valence-corrected chi connectivity index (χ2v) is 35.8. The fourth-order valence-electron chi connectivity index (χ4n) is 20.4. The predicted molar refractivity (Wildman–Crippen MR) is 470 cm³/mol. The molecule has 8 saturated carbocycles. The number of amides is 1. The molecular formula is C97H136F2N10O15. The highest BCUT2D eigenvalue weighted by atomic mass is 19.2. The molecule has 0 aliphatic heterocycles. The van der Waals surface area contributed by atoms with Crippen molar-refractivity contribution in [2.24, 2.45) is 51.1 Å². The fourth-order valence-corrected chi connectivity index (χ4v) is 20.4. The monoisotopic (exact) mass is 1720 g/mol. The number of nitrogens with two attached hydrogens (primary N) is 2. The number of hydrogen-bond acceptors (Lipinski definition) is 24. The van der Waals surface area contributed by atoms with E-state index in [1.54, 1.807) is 37.8 Å². The van der Waals surface area contributed by atoms with E-state index in [9.17, 15) is 51.9 Å². The Morgan fingerprint density at radius 1 is 0.419 bits per heavy atom. The number of pyridine rings is 4. The predicted octanol–water partition coefficient (Wildman–Crippen LogP) is 19.4. The Hall–Kier alpha value is -9.79. The number of esters is 5. The summed E-state index contributed by atoms with van der Waals surface area (Å²) in [5.74, 6) is -1.71. The number of nitrogens with zero attached hydrogens (tertiary/aromatic N) is 6. The van der Waals surface area contributed by atoms with E-state index < -0.39 is 40.9 Å². The maximum Gasteiger partial charge on any atom is 0.374 e. The zero-order chi connectivity index (χ0) is 86.1. The number of hydrogen-bond donors (Lipinski definition) is 4. The van der Waals surface area contributed by atoms with Crippen LogP contribution in [-0.2, 0) is 74.9 Å². The molecule has 1 amide bonds. The number of benzene rings is 1. The minimum absolute atomic E-state index is 0. The number of methoxy groups -OCH3 is 4. The number of nitrogens with one attached hydrogen (secondary N) is 2. The molecule has 1 aromatic carbocycles. The Bertz CT molecular complexity index is 4400. The van der Waals surface area contributed by atoms with Gasteiger partial charge in [0.2, 0.25) is 17.3 Å². The SMILES string of the molecule is C.C.C.CCOC(=O)C(=O)Cc1ccc(C2CCC3(CCC(CC(=O)OC)CC3)CC2)nc1.COC(=O)CC1CCC2(CC1)CCC(c1ccc(CC(=O)C(=O)CN)cn1)CC2.COC(=O)CC1CCC2(CC1)CCC(c1ccc(N)cn1)CC2.COC(=O)CC1CCC2(CC1)CCC(c1ccc(NC(=O)c3nnc(Nc4ccc(F)c(F)c4)o3)cn1)CC2. The van der Waals surface area contributed by atoms with Gasteiger partial charge < -0.3 is 50.2 Å². The van der Waals surface area contributed by atoms with Crippen molar-refractivity contribution in [3.63, 3.8) is 0 Å². The van der Waals surface area contributed by atoms with Gasteiger partial charge in [-0.25, -0.2) is 13.6 Å². The van der Waals surface area contributed by atoms with Crippen molar-refractivity contribution in [1.29, 1.82) is 0 Å². The summed E-state index contributed by atoms with van der Waals surface area (Å²) in [6.45, 7) is 1.65. The molecule has 0 atom stereocenters. The van der Waals surface area contributed by atoms with Gasteiger partial charge in [-0.05, 0) is 317 Å². The molecule has 5 heterocycles. The smallest absolute Gasteiger partial charge is 0.374 e. The molecule has 6 N–H and O–H groups in total. The van der Waals surface area contributed by atoms with Gasteiger partial charge >= 0.3 is 47.7 Å². The first-order valence-electron chi connectivity index (χ1n) is 44.0. The molecule has 8 aliphatic carbocycles. The number of anilines is 4. The van der Waals surface area contributed by atoms with Crippen LogP contribution in [0, 0.1) is 57.0 Å². The first-order valence-corrected chi connectivity index (χ1v) is 44.0. The van der Waals surface area contributed by atoms with E-state index in [0.29, 0.717) is 100 Å². The Labute approximate surface area is 731 Å². The number of Topliss-reactive ketones (excluding diaryl/α,β-unsaturated/α-hetero) is 3. The van der Waals surface area contributed by atoms with Crippen molar-refractivity contribution < 1.29 is 80.0 Å². The maximum absolute atomic E-state index is 13.4. The number of rotatable bonds is 24. The summed E-state index contributed by atoms with van der Waals surface area (Å²) in [6, 6.07) is 18.7. The van der Waals surface area contributed by atoms with Crippen LogP contribution in [-0.4, -0.2) is 125 Å². The number of ketones is 3. The van der Waals surface area contributed by atoms with E-state index in [0.717, 1.165) is 123 Å². The van der Waals surface area contributed by atoms with Gasteiger partial charge in [0, 0.05) is 109 Å². The lowest BCUT2D eigenvalue weighted by Crippen LogP contribution is -2.32. The zero-order valence-corrected chi connectivity index (χ0v) is 71.3. The number of carbonyl (C=O) groups excluding carboxylic acids is 9. The average Bonchev–Trinajstić information content (AvgIpc) is 0.977. The largest absolute Gasteiger partial charge is 0.469 e. The van der Waals surface area contributed by atoms with Crippen LogP contribution in [0.25, 0.3) is 0 Å². The Morgan fingerprint density at radius 2 is 0.758 bits per heavy atom. The van der Waals surface area contributed by atoms with Crippen molar-refractivity contribution in [3.8, 4) is 0 Å². The minimum Gasteiger partial charge on any atom is -0.469 e. The molecular weight excluding hydrogens is 1580 g/mol. The normalized spacial score (nSPS) is 25.5. The van der Waals surface area contributed by atoms with Gasteiger partial charge in [0.15, 0.2) is 11.6 Å². The highest BCUT2D eigenvalue weighted by Gasteiger charge is 2.44. The molecule has 0 saturated heterocycles. The number of ether oxygens (including phenoxy) is 5. The molecule has 4 spiro atoms. The summed E-state index contributed by atoms with van der Waals surface area (Å²) < 4.78 is 55.8. The summed E-state index contributed by atoms with van der Waals surface area (Å²) in [5.41, 5.74) is 20.1. The molecule has 678 valence electrons. The van der Waals surface area contributed by atoms with Crippen LogP contribution in [0.15, 0.2) is 95.9 Å². The Balaban J connectivity index is 0.000000207. The van der Waals surface area contributed by atoms with Crippen LogP contribution >= 0.6 is 0 Å². The molecule has 124 heavy (non-hydrogen) atoms. The number of aromatic nitrogens is 6. The molecule has 27 heteroatoms. The van der Waals surface area contributed by atoms with Crippen molar-refractivity contribution in [2.75, 3.05) is 58.0 Å². The van der Waals surface area contributed by atoms with Gasteiger partial charge in [0.25, 0.3) is 0 Å². The van der Waals surface area contributed by atoms with E-state index in [-0.39, 0.29) is 89.7 Å². The molecule has 8 fully saturated rings. The fraction of sp³-hybridized carbons (Fsp3) is 0.619. The second-order valence-electron chi connectivity index (χ2n) is 35.8. The molecule has 0 radical (unpaired) electrons. The van der Waals surface area contributed by atoms with E-state index in [1.165, 1.54) is 169 Å². The van der Waals surface area contributed by atoms with Gasteiger partial charge in [0.1, 0.15) is 0 Å². The lowest BCUT2D eigenvalue weighted by Gasteiger charge is -2.44. The van der Waals surface area contributed by atoms with Crippen LogP contribution in [0.2, 0.25) is 0 Å². The number of carbonyl (C=O) groups is 9. The topological polar surface area (TPSA) is 366 Å². The zero-order valence-electron chi connectivity index (χ0n) is 71.3. The van der Waals surface area contributed by atoms with E-state index in [4.69, 9.17) is 39.6 Å². The molecule has 0 bridgehead atoms. The summed E-state index contributed by atoms with van der Waals surface area (Å²) in [6.07, 6.45) is 47.0. The lowest BCUT2D eigenvalue weighted by atomic mass is 9.61. The molecule has 14 rings (SSSR count). The van der Waals surface area contributed by atoms with Crippen LogP contribution in [0.1, 0.15) is 329 Å². The van der Waals surface area contributed by atoms with E-state index in [2.05, 4.69) is 46.8 Å². The third kappa shape index (κ3) is 28.4. The van der Waals surface area contributed by atoms with E-state index in [1.807, 2.05) is 36.4 Å². The van der Waals surface area contributed by atoms with Gasteiger partial charge in [0.05, 0.1) is 65.4 Å². The molecule has 8 aliphatic rings. The van der Waals surface area contributed by atoms with E-state index >= 15 is 0 Å². The molecule has 25 nitrogen and oxygen atoms in total. The number of nitrogen functional groups attached to an aromatic ring is 1. The van der Waals surface area contributed by atoms with Gasteiger partial charge in [-0.2, -0.15) is 0 Å². The first-order chi connectivity index (χ1) is 58.3. The molecule has 5 aromatic heterocycles. The van der Waals surface area contributed by atoms with Crippen LogP contribution in [0.3, 0.4) is 0 Å². The summed E-state index contributed by atoms with van der Waals surface area (Å²) in [5, 5.41) is 12.7. The van der Waals surface area contributed by atoms with Gasteiger partial charge in [-0.15, -0.1) is 5.10 Å². The van der Waals surface area contributed by atoms with Crippen LogP contribution < -0.4 is 22.1 Å². The summed E-state index contributed by atoms with van der Waals surface area (Å²) >= 11 is 0.